The minimum Gasteiger partial charge on any atom is -0.486 e. The summed E-state index contributed by atoms with van der Waals surface area (Å²) in [7, 11) is 2.99. The number of piperidine rings is 1. The van der Waals surface area contributed by atoms with Crippen molar-refractivity contribution in [3.05, 3.63) is 88.5 Å². The number of ether oxygens (including phenoxy) is 3. The Balaban J connectivity index is 1.29. The molecule has 1 saturated heterocycles. The summed E-state index contributed by atoms with van der Waals surface area (Å²) in [5.41, 5.74) is 2.52. The van der Waals surface area contributed by atoms with Crippen molar-refractivity contribution in [2.45, 2.75) is 44.9 Å². The fourth-order valence-electron chi connectivity index (χ4n) is 5.57. The SMILES string of the molecule is COC(=O)c1cc(OC(F)F)c2nc(CN3CCC(c4ccccc4O[C@@H](C)c4ccc(C#N)cc4F)CC3)n(C)c2c1. The highest BCUT2D eigenvalue weighted by Gasteiger charge is 2.26. The van der Waals surface area contributed by atoms with E-state index in [0.717, 1.165) is 31.5 Å². The summed E-state index contributed by atoms with van der Waals surface area (Å²) in [5.74, 6) is 0.247. The van der Waals surface area contributed by atoms with Gasteiger partial charge in [-0.1, -0.05) is 24.3 Å². The standard InChI is InChI=1S/C32H31F3N4O4/c1-19(23-9-8-20(17-36)14-25(23)33)42-27-7-5-4-6-24(27)21-10-12-39(13-11-21)18-29-37-30-26(38(29)2)15-22(31(40)41-3)16-28(30)43-32(34)35/h4-9,14-16,19,21,32H,10-13,18H2,1-3H3/t19-/m0/s1. The molecule has 0 aliphatic carbocycles. The largest absolute Gasteiger partial charge is 0.486 e. The molecular weight excluding hydrogens is 561 g/mol. The minimum absolute atomic E-state index is 0.0955. The van der Waals surface area contributed by atoms with Crippen molar-refractivity contribution in [1.29, 1.82) is 5.26 Å². The van der Waals surface area contributed by atoms with E-state index in [1.165, 1.54) is 19.2 Å². The predicted molar refractivity (Wildman–Crippen MR) is 153 cm³/mol. The van der Waals surface area contributed by atoms with Gasteiger partial charge in [0, 0.05) is 12.6 Å². The van der Waals surface area contributed by atoms with E-state index in [1.807, 2.05) is 30.3 Å². The maximum absolute atomic E-state index is 14.6. The number of para-hydroxylation sites is 1. The molecule has 4 aromatic rings. The van der Waals surface area contributed by atoms with Crippen LogP contribution in [0.15, 0.2) is 54.6 Å². The molecule has 0 bridgehead atoms. The van der Waals surface area contributed by atoms with Gasteiger partial charge in [0.1, 0.15) is 29.0 Å². The summed E-state index contributed by atoms with van der Waals surface area (Å²) in [6.45, 7) is 0.712. The number of alkyl halides is 2. The first kappa shape index (κ1) is 29.9. The van der Waals surface area contributed by atoms with Crippen LogP contribution in [0.2, 0.25) is 0 Å². The van der Waals surface area contributed by atoms with E-state index in [2.05, 4.69) is 9.88 Å². The lowest BCUT2D eigenvalue weighted by molar-refractivity contribution is -0.0489. The van der Waals surface area contributed by atoms with E-state index in [-0.39, 0.29) is 28.3 Å². The topological polar surface area (TPSA) is 89.6 Å². The maximum atomic E-state index is 14.6. The number of hydrogen-bond acceptors (Lipinski definition) is 7. The van der Waals surface area contributed by atoms with Gasteiger partial charge in [-0.05, 0) is 74.7 Å². The molecule has 0 saturated carbocycles. The van der Waals surface area contributed by atoms with Crippen LogP contribution in [0, 0.1) is 17.1 Å². The number of nitriles is 1. The Bertz CT molecular complexity index is 1680. The van der Waals surface area contributed by atoms with Gasteiger partial charge >= 0.3 is 12.6 Å². The van der Waals surface area contributed by atoms with E-state index in [9.17, 15) is 18.0 Å². The van der Waals surface area contributed by atoms with Crippen molar-refractivity contribution >= 4 is 17.0 Å². The van der Waals surface area contributed by atoms with Crippen LogP contribution in [0.5, 0.6) is 11.5 Å². The third-order valence-electron chi connectivity index (χ3n) is 7.86. The van der Waals surface area contributed by atoms with Crippen LogP contribution in [0.1, 0.15) is 64.7 Å². The number of methoxy groups -OCH3 is 1. The number of hydrogen-bond donors (Lipinski definition) is 0. The molecule has 11 heteroatoms. The number of imidazole rings is 1. The summed E-state index contributed by atoms with van der Waals surface area (Å²) < 4.78 is 58.3. The van der Waals surface area contributed by atoms with Gasteiger partial charge in [0.15, 0.2) is 5.75 Å². The highest BCUT2D eigenvalue weighted by Crippen LogP contribution is 2.37. The number of rotatable bonds is 9. The fourth-order valence-corrected chi connectivity index (χ4v) is 5.57. The first-order valence-electron chi connectivity index (χ1n) is 13.9. The van der Waals surface area contributed by atoms with Crippen LogP contribution in [-0.4, -0.2) is 47.2 Å². The van der Waals surface area contributed by atoms with Crippen LogP contribution in [-0.2, 0) is 18.3 Å². The van der Waals surface area contributed by atoms with E-state index in [4.69, 9.17) is 19.5 Å². The summed E-state index contributed by atoms with van der Waals surface area (Å²) in [6, 6.07) is 16.9. The third kappa shape index (κ3) is 6.44. The molecule has 0 radical (unpaired) electrons. The Morgan fingerprint density at radius 3 is 2.51 bits per heavy atom. The molecule has 0 N–H and O–H groups in total. The van der Waals surface area contributed by atoms with Crippen LogP contribution < -0.4 is 9.47 Å². The molecule has 1 atom stereocenters. The lowest BCUT2D eigenvalue weighted by Crippen LogP contribution is -2.33. The normalized spacial score (nSPS) is 14.9. The molecular formula is C32H31F3N4O4. The Hall–Kier alpha value is -4.56. The van der Waals surface area contributed by atoms with Crippen molar-refractivity contribution in [1.82, 2.24) is 14.5 Å². The van der Waals surface area contributed by atoms with Gasteiger partial charge in [0.2, 0.25) is 0 Å². The zero-order chi connectivity index (χ0) is 30.7. The first-order chi connectivity index (χ1) is 20.7. The second-order valence-electron chi connectivity index (χ2n) is 10.5. The number of benzene rings is 3. The van der Waals surface area contributed by atoms with Crippen LogP contribution >= 0.6 is 0 Å². The Morgan fingerprint density at radius 2 is 1.84 bits per heavy atom. The van der Waals surface area contributed by atoms with Gasteiger partial charge < -0.3 is 18.8 Å². The number of esters is 1. The van der Waals surface area contributed by atoms with Crippen molar-refractivity contribution < 1.29 is 32.2 Å². The molecule has 0 spiro atoms. The number of aryl methyl sites for hydroxylation is 1. The highest BCUT2D eigenvalue weighted by atomic mass is 19.3. The maximum Gasteiger partial charge on any atom is 0.387 e. The second kappa shape index (κ2) is 12.8. The smallest absolute Gasteiger partial charge is 0.387 e. The predicted octanol–water partition coefficient (Wildman–Crippen LogP) is 6.49. The molecule has 5 rings (SSSR count). The number of carbonyl (C=O) groups excluding carboxylic acids is 1. The molecule has 224 valence electrons. The Kier molecular flexibility index (Phi) is 8.87. The van der Waals surface area contributed by atoms with E-state index in [0.29, 0.717) is 29.2 Å². The highest BCUT2D eigenvalue weighted by molar-refractivity contribution is 5.96. The van der Waals surface area contributed by atoms with Crippen LogP contribution in [0.3, 0.4) is 0 Å². The fraction of sp³-hybridized carbons (Fsp3) is 0.344. The average molecular weight is 593 g/mol. The van der Waals surface area contributed by atoms with E-state index >= 15 is 0 Å². The lowest BCUT2D eigenvalue weighted by Gasteiger charge is -2.33. The van der Waals surface area contributed by atoms with Gasteiger partial charge in [-0.15, -0.1) is 0 Å². The molecule has 0 amide bonds. The molecule has 3 aromatic carbocycles. The molecule has 1 aromatic heterocycles. The molecule has 2 heterocycles. The number of carbonyl (C=O) groups is 1. The first-order valence-corrected chi connectivity index (χ1v) is 13.9. The molecule has 0 unspecified atom stereocenters. The number of nitrogens with zero attached hydrogens (tertiary/aromatic N) is 4. The number of likely N-dealkylation sites (tertiary alicyclic amines) is 1. The van der Waals surface area contributed by atoms with Crippen molar-refractivity contribution in [3.8, 4) is 17.6 Å². The zero-order valence-electron chi connectivity index (χ0n) is 24.0. The quantitative estimate of drug-likeness (QED) is 0.205. The zero-order valence-corrected chi connectivity index (χ0v) is 24.0. The third-order valence-corrected chi connectivity index (χ3v) is 7.86. The van der Waals surface area contributed by atoms with Crippen molar-refractivity contribution in [2.75, 3.05) is 20.2 Å². The monoisotopic (exact) mass is 592 g/mol. The molecule has 1 aliphatic heterocycles. The van der Waals surface area contributed by atoms with Gasteiger partial charge in [-0.3, -0.25) is 4.90 Å². The Labute approximate surface area is 247 Å². The molecule has 43 heavy (non-hydrogen) atoms. The van der Waals surface area contributed by atoms with Gasteiger partial charge in [0.25, 0.3) is 0 Å². The number of halogens is 3. The van der Waals surface area contributed by atoms with Gasteiger partial charge in [0.05, 0.1) is 36.4 Å². The summed E-state index contributed by atoms with van der Waals surface area (Å²) in [4.78, 5) is 19.0. The summed E-state index contributed by atoms with van der Waals surface area (Å²) in [6.07, 6.45) is 1.14. The number of aromatic nitrogens is 2. The van der Waals surface area contributed by atoms with Crippen LogP contribution in [0.4, 0.5) is 13.2 Å². The van der Waals surface area contributed by atoms with Crippen molar-refractivity contribution in [3.63, 3.8) is 0 Å². The van der Waals surface area contributed by atoms with E-state index in [1.54, 1.807) is 36.7 Å². The summed E-state index contributed by atoms with van der Waals surface area (Å²) in [5, 5.41) is 9.03. The molecule has 1 aliphatic rings. The second-order valence-corrected chi connectivity index (χ2v) is 10.5. The minimum atomic E-state index is -3.07. The summed E-state index contributed by atoms with van der Waals surface area (Å²) >= 11 is 0. The number of fused-ring (bicyclic) bond motifs is 1. The molecule has 8 nitrogen and oxygen atoms in total. The van der Waals surface area contributed by atoms with Crippen molar-refractivity contribution in [2.24, 2.45) is 7.05 Å². The Morgan fingerprint density at radius 1 is 1.09 bits per heavy atom. The van der Waals surface area contributed by atoms with Gasteiger partial charge in [-0.25, -0.2) is 14.2 Å². The van der Waals surface area contributed by atoms with E-state index < -0.39 is 24.5 Å². The van der Waals surface area contributed by atoms with Gasteiger partial charge in [-0.2, -0.15) is 14.0 Å². The average Bonchev–Trinajstić information content (AvgIpc) is 3.31. The van der Waals surface area contributed by atoms with Crippen LogP contribution in [0.25, 0.3) is 11.0 Å². The molecule has 1 fully saturated rings. The lowest BCUT2D eigenvalue weighted by atomic mass is 9.88.